The zero-order valence-corrected chi connectivity index (χ0v) is 16.4. The quantitative estimate of drug-likeness (QED) is 0.800. The van der Waals surface area contributed by atoms with Crippen LogP contribution >= 0.6 is 15.9 Å². The molecule has 1 N–H and O–H groups in total. The van der Waals surface area contributed by atoms with Gasteiger partial charge in [-0.3, -0.25) is 4.79 Å². The number of ether oxygens (including phenoxy) is 1. The Morgan fingerprint density at radius 2 is 1.92 bits per heavy atom. The minimum Gasteiger partial charge on any atom is -0.448 e. The summed E-state index contributed by atoms with van der Waals surface area (Å²) < 4.78 is 6.14. The number of halogens is 1. The van der Waals surface area contributed by atoms with Gasteiger partial charge >= 0.3 is 6.09 Å². The van der Waals surface area contributed by atoms with Crippen molar-refractivity contribution in [3.05, 3.63) is 64.1 Å². The molecular weight excluding hydrogens is 396 g/mol. The van der Waals surface area contributed by atoms with Crippen molar-refractivity contribution in [3.63, 3.8) is 0 Å². The van der Waals surface area contributed by atoms with E-state index in [1.165, 1.54) is 0 Å². The van der Waals surface area contributed by atoms with Crippen molar-refractivity contribution >= 4 is 33.6 Å². The molecule has 0 fully saturated rings. The molecular formula is C20H21BrN2O3. The van der Waals surface area contributed by atoms with E-state index in [2.05, 4.69) is 21.2 Å². The number of benzene rings is 2. The number of nitrogens with zero attached hydrogens (tertiary/aromatic N) is 1. The number of hydrogen-bond donors (Lipinski definition) is 1. The van der Waals surface area contributed by atoms with Gasteiger partial charge in [-0.25, -0.2) is 4.79 Å². The summed E-state index contributed by atoms with van der Waals surface area (Å²) in [5.41, 5.74) is 2.27. The van der Waals surface area contributed by atoms with Gasteiger partial charge in [0.05, 0.1) is 12.0 Å². The van der Waals surface area contributed by atoms with Crippen molar-refractivity contribution < 1.29 is 14.3 Å². The molecule has 2 aromatic rings. The Bertz CT molecular complexity index is 821. The SMILES string of the molecule is CC1(C)C(=O)N(CCOC(=O)NCc2ccccc2)c2cc(Br)ccc21. The van der Waals surface area contributed by atoms with E-state index in [1.807, 2.05) is 62.4 Å². The number of hydrogen-bond acceptors (Lipinski definition) is 3. The average molecular weight is 417 g/mol. The number of carbonyl (C=O) groups is 2. The Morgan fingerprint density at radius 3 is 2.65 bits per heavy atom. The Balaban J connectivity index is 1.56. The van der Waals surface area contributed by atoms with E-state index in [-0.39, 0.29) is 12.5 Å². The van der Waals surface area contributed by atoms with E-state index in [9.17, 15) is 9.59 Å². The molecule has 0 saturated carbocycles. The van der Waals surface area contributed by atoms with Crippen molar-refractivity contribution in [2.75, 3.05) is 18.1 Å². The molecule has 0 radical (unpaired) electrons. The molecule has 0 bridgehead atoms. The molecule has 0 spiro atoms. The van der Waals surface area contributed by atoms with Gasteiger partial charge in [-0.15, -0.1) is 0 Å². The summed E-state index contributed by atoms with van der Waals surface area (Å²) in [4.78, 5) is 26.3. The van der Waals surface area contributed by atoms with Crippen LogP contribution in [-0.4, -0.2) is 25.2 Å². The summed E-state index contributed by atoms with van der Waals surface area (Å²) in [5, 5.41) is 2.71. The lowest BCUT2D eigenvalue weighted by Gasteiger charge is -2.20. The van der Waals surface area contributed by atoms with Gasteiger partial charge in [0.25, 0.3) is 0 Å². The molecule has 136 valence electrons. The summed E-state index contributed by atoms with van der Waals surface area (Å²) in [6, 6.07) is 15.4. The van der Waals surface area contributed by atoms with E-state index in [0.29, 0.717) is 13.1 Å². The van der Waals surface area contributed by atoms with E-state index in [1.54, 1.807) is 4.90 Å². The topological polar surface area (TPSA) is 58.6 Å². The van der Waals surface area contributed by atoms with Crippen molar-refractivity contribution in [3.8, 4) is 0 Å². The molecule has 0 unspecified atom stereocenters. The highest BCUT2D eigenvalue weighted by Gasteiger charge is 2.43. The first-order valence-corrected chi connectivity index (χ1v) is 9.25. The highest BCUT2D eigenvalue weighted by Crippen LogP contribution is 2.42. The fourth-order valence-corrected chi connectivity index (χ4v) is 3.44. The molecule has 26 heavy (non-hydrogen) atoms. The number of anilines is 1. The van der Waals surface area contributed by atoms with Gasteiger partial charge in [0.15, 0.2) is 0 Å². The van der Waals surface area contributed by atoms with Crippen LogP contribution in [0.15, 0.2) is 53.0 Å². The number of rotatable bonds is 5. The number of alkyl carbamates (subject to hydrolysis) is 1. The molecule has 2 aromatic carbocycles. The van der Waals surface area contributed by atoms with Crippen LogP contribution < -0.4 is 10.2 Å². The van der Waals surface area contributed by atoms with E-state index in [0.717, 1.165) is 21.3 Å². The number of amides is 2. The fraction of sp³-hybridized carbons (Fsp3) is 0.300. The van der Waals surface area contributed by atoms with E-state index >= 15 is 0 Å². The third-order valence-corrected chi connectivity index (χ3v) is 5.02. The Morgan fingerprint density at radius 1 is 1.19 bits per heavy atom. The van der Waals surface area contributed by atoms with Gasteiger partial charge in [-0.05, 0) is 37.1 Å². The van der Waals surface area contributed by atoms with Crippen LogP contribution in [0.25, 0.3) is 0 Å². The van der Waals surface area contributed by atoms with Gasteiger partial charge in [0.2, 0.25) is 5.91 Å². The first-order chi connectivity index (χ1) is 12.4. The lowest BCUT2D eigenvalue weighted by atomic mass is 9.86. The second kappa shape index (κ2) is 7.50. The Kier molecular flexibility index (Phi) is 5.32. The maximum atomic E-state index is 12.7. The van der Waals surface area contributed by atoms with Gasteiger partial charge in [0, 0.05) is 16.7 Å². The van der Waals surface area contributed by atoms with Crippen LogP contribution in [0.1, 0.15) is 25.0 Å². The van der Waals surface area contributed by atoms with Crippen LogP contribution in [0.3, 0.4) is 0 Å². The zero-order chi connectivity index (χ0) is 18.7. The predicted octanol–water partition coefficient (Wildman–Crippen LogP) is 4.00. The van der Waals surface area contributed by atoms with Crippen LogP contribution in [0.4, 0.5) is 10.5 Å². The van der Waals surface area contributed by atoms with E-state index < -0.39 is 11.5 Å². The monoisotopic (exact) mass is 416 g/mol. The van der Waals surface area contributed by atoms with Crippen molar-refractivity contribution in [2.24, 2.45) is 0 Å². The van der Waals surface area contributed by atoms with Crippen LogP contribution in [0, 0.1) is 0 Å². The maximum absolute atomic E-state index is 12.7. The standard InChI is InChI=1S/C20H21BrN2O3/c1-20(2)16-9-8-15(21)12-17(16)23(18(20)24)10-11-26-19(25)22-13-14-6-4-3-5-7-14/h3-9,12H,10-11,13H2,1-2H3,(H,22,25). The van der Waals surface area contributed by atoms with Crippen LogP contribution in [0.2, 0.25) is 0 Å². The molecule has 0 aliphatic carbocycles. The van der Waals surface area contributed by atoms with Crippen molar-refractivity contribution in [1.82, 2.24) is 5.32 Å². The number of carbonyl (C=O) groups excluding carboxylic acids is 2. The molecule has 1 aliphatic rings. The summed E-state index contributed by atoms with van der Waals surface area (Å²) in [5.74, 6) is 0.0129. The highest BCUT2D eigenvalue weighted by molar-refractivity contribution is 9.10. The smallest absolute Gasteiger partial charge is 0.407 e. The lowest BCUT2D eigenvalue weighted by molar-refractivity contribution is -0.122. The second-order valence-electron chi connectivity index (χ2n) is 6.72. The summed E-state index contributed by atoms with van der Waals surface area (Å²) in [7, 11) is 0. The average Bonchev–Trinajstić information content (AvgIpc) is 2.81. The van der Waals surface area contributed by atoms with Crippen molar-refractivity contribution in [2.45, 2.75) is 25.8 Å². The summed E-state index contributed by atoms with van der Waals surface area (Å²) in [6.07, 6.45) is -0.491. The van der Waals surface area contributed by atoms with Gasteiger partial charge in [0.1, 0.15) is 6.61 Å². The van der Waals surface area contributed by atoms with Gasteiger partial charge < -0.3 is 15.0 Å². The highest BCUT2D eigenvalue weighted by atomic mass is 79.9. The first-order valence-electron chi connectivity index (χ1n) is 8.46. The molecule has 2 amide bonds. The Labute approximate surface area is 161 Å². The van der Waals surface area contributed by atoms with Crippen LogP contribution in [-0.2, 0) is 21.5 Å². The van der Waals surface area contributed by atoms with Crippen molar-refractivity contribution in [1.29, 1.82) is 0 Å². The fourth-order valence-electron chi connectivity index (χ4n) is 3.09. The van der Waals surface area contributed by atoms with Crippen LogP contribution in [0.5, 0.6) is 0 Å². The maximum Gasteiger partial charge on any atom is 0.407 e. The first kappa shape index (κ1) is 18.5. The van der Waals surface area contributed by atoms with Gasteiger partial charge in [-0.2, -0.15) is 0 Å². The predicted molar refractivity (Wildman–Crippen MR) is 104 cm³/mol. The molecule has 1 aliphatic heterocycles. The molecule has 3 rings (SSSR count). The minimum absolute atomic E-state index is 0.0129. The number of fused-ring (bicyclic) bond motifs is 1. The molecule has 0 aromatic heterocycles. The third-order valence-electron chi connectivity index (χ3n) is 4.53. The Hall–Kier alpha value is -2.34. The summed E-state index contributed by atoms with van der Waals surface area (Å²) >= 11 is 3.45. The largest absolute Gasteiger partial charge is 0.448 e. The van der Waals surface area contributed by atoms with E-state index in [4.69, 9.17) is 4.74 Å². The molecule has 0 atom stereocenters. The minimum atomic E-state index is -0.578. The molecule has 1 heterocycles. The normalized spacial score (nSPS) is 14.9. The third kappa shape index (κ3) is 3.75. The zero-order valence-electron chi connectivity index (χ0n) is 14.8. The lowest BCUT2D eigenvalue weighted by Crippen LogP contribution is -2.38. The number of nitrogens with one attached hydrogen (secondary N) is 1. The molecule has 5 nitrogen and oxygen atoms in total. The molecule has 6 heteroatoms. The summed E-state index contributed by atoms with van der Waals surface area (Å²) in [6.45, 7) is 4.69. The second-order valence-corrected chi connectivity index (χ2v) is 7.63. The molecule has 0 saturated heterocycles. The van der Waals surface area contributed by atoms with Gasteiger partial charge in [-0.1, -0.05) is 52.3 Å².